The highest BCUT2D eigenvalue weighted by Crippen LogP contribution is 2.51. The third kappa shape index (κ3) is 8.53. The molecule has 1 fully saturated rings. The van der Waals surface area contributed by atoms with Crippen LogP contribution in [0.15, 0.2) is 57.5 Å². The molecule has 6 N–H and O–H groups in total. The van der Waals surface area contributed by atoms with E-state index in [1.54, 1.807) is 45.9 Å². The van der Waals surface area contributed by atoms with Crippen molar-refractivity contribution in [2.75, 3.05) is 30.4 Å². The number of ketones is 1. The number of phenols is 2. The smallest absolute Gasteiger partial charge is 0.312 e. The molecule has 0 saturated carbocycles. The fraction of sp³-hybridized carbons (Fsp3) is 0.479. The maximum absolute atomic E-state index is 14.8. The Morgan fingerprint density at radius 1 is 0.954 bits per heavy atom. The number of phenolic OH excluding ortho intramolecular Hbond substituents is 2. The van der Waals surface area contributed by atoms with E-state index in [2.05, 4.69) is 5.32 Å². The van der Waals surface area contributed by atoms with Crippen LogP contribution < -0.4 is 20.4 Å². The van der Waals surface area contributed by atoms with Crippen LogP contribution in [0, 0.1) is 30.6 Å². The molecule has 2 aromatic rings. The van der Waals surface area contributed by atoms with Crippen LogP contribution in [0.2, 0.25) is 0 Å². The van der Waals surface area contributed by atoms with Crippen LogP contribution in [0.5, 0.6) is 17.2 Å². The highest BCUT2D eigenvalue weighted by Gasteiger charge is 2.50. The van der Waals surface area contributed by atoms with Gasteiger partial charge in [0, 0.05) is 92.1 Å². The van der Waals surface area contributed by atoms with Crippen molar-refractivity contribution in [3.05, 3.63) is 69.6 Å². The Labute approximate surface area is 375 Å². The van der Waals surface area contributed by atoms with E-state index in [-0.39, 0.29) is 61.5 Å². The number of rotatable bonds is 3. The quantitative estimate of drug-likeness (QED) is 0.0830. The van der Waals surface area contributed by atoms with Gasteiger partial charge < -0.3 is 59.1 Å². The van der Waals surface area contributed by atoms with Crippen molar-refractivity contribution in [2.24, 2.45) is 23.7 Å². The number of anilines is 2. The number of methoxy groups -OCH3 is 1. The molecule has 4 heterocycles. The Bertz CT molecular complexity index is 2660. The lowest BCUT2D eigenvalue weighted by atomic mass is 9.78. The lowest BCUT2D eigenvalue weighted by Gasteiger charge is -2.38. The van der Waals surface area contributed by atoms with Gasteiger partial charge in [-0.15, -0.1) is 0 Å². The van der Waals surface area contributed by atoms with Gasteiger partial charge in [0.2, 0.25) is 5.43 Å². The molecule has 0 spiro atoms. The second kappa shape index (κ2) is 18.1. The summed E-state index contributed by atoms with van der Waals surface area (Å²) in [6.45, 7) is 13.4. The average molecular weight is 900 g/mol. The predicted octanol–water partition coefficient (Wildman–Crippen LogP) is 5.62. The number of hydrogen-bond acceptors (Lipinski definition) is 16. The number of aliphatic hydroxyl groups is 3. The molecule has 17 heteroatoms. The lowest BCUT2D eigenvalue weighted by Crippen LogP contribution is -2.46. The van der Waals surface area contributed by atoms with Crippen LogP contribution in [0.25, 0.3) is 33.3 Å². The molecule has 1 aliphatic carbocycles. The van der Waals surface area contributed by atoms with Crippen LogP contribution in [-0.2, 0) is 23.8 Å². The fourth-order valence-corrected chi connectivity index (χ4v) is 9.18. The van der Waals surface area contributed by atoms with Crippen molar-refractivity contribution in [3.63, 3.8) is 0 Å². The molecule has 4 bridgehead atoms. The molecule has 348 valence electrons. The predicted molar refractivity (Wildman–Crippen MR) is 240 cm³/mol. The summed E-state index contributed by atoms with van der Waals surface area (Å²) in [6, 6.07) is 3.12. The third-order valence-electron chi connectivity index (χ3n) is 13.2. The maximum atomic E-state index is 14.8. The van der Waals surface area contributed by atoms with Gasteiger partial charge in [-0.25, -0.2) is 4.98 Å². The number of carbonyl (C=O) groups excluding carboxylic acids is 3. The van der Waals surface area contributed by atoms with Crippen molar-refractivity contribution in [1.82, 2.24) is 4.98 Å². The molecule has 0 aromatic heterocycles. The van der Waals surface area contributed by atoms with Crippen molar-refractivity contribution >= 4 is 50.9 Å². The minimum absolute atomic E-state index is 0.0141. The number of amides is 1. The summed E-state index contributed by atoms with van der Waals surface area (Å²) < 4.78 is 30.3. The summed E-state index contributed by atoms with van der Waals surface area (Å²) in [6.07, 6.45) is 3.93. The fourth-order valence-electron chi connectivity index (χ4n) is 9.18. The third-order valence-corrected chi connectivity index (χ3v) is 13.2. The second-order valence-electron chi connectivity index (χ2n) is 17.8. The van der Waals surface area contributed by atoms with Crippen LogP contribution in [0.3, 0.4) is 0 Å². The topological polar surface area (TPSA) is 248 Å². The highest BCUT2D eigenvalue weighted by atomic mass is 16.7. The Balaban J connectivity index is 1.45. The number of benzene rings is 3. The Kier molecular flexibility index (Phi) is 13.1. The first kappa shape index (κ1) is 47.0. The molecule has 65 heavy (non-hydrogen) atoms. The van der Waals surface area contributed by atoms with Crippen LogP contribution in [-0.4, -0.2) is 105 Å². The Morgan fingerprint density at radius 3 is 2.31 bits per heavy atom. The van der Waals surface area contributed by atoms with Crippen molar-refractivity contribution in [1.29, 1.82) is 0 Å². The maximum Gasteiger partial charge on any atom is 0.312 e. The number of esters is 1. The van der Waals surface area contributed by atoms with E-state index >= 15 is 0 Å². The zero-order valence-corrected chi connectivity index (χ0v) is 37.9. The van der Waals surface area contributed by atoms with Gasteiger partial charge in [0.25, 0.3) is 11.7 Å². The Morgan fingerprint density at radius 2 is 1.65 bits per heavy atom. The average Bonchev–Trinajstić information content (AvgIpc) is 3.54. The lowest BCUT2D eigenvalue weighted by molar-refractivity contribution is -0.160. The minimum atomic E-state index is -2.09. The summed E-state index contributed by atoms with van der Waals surface area (Å²) >= 11 is 0. The van der Waals surface area contributed by atoms with Gasteiger partial charge in [0.1, 0.15) is 40.3 Å². The van der Waals surface area contributed by atoms with E-state index in [0.717, 1.165) is 0 Å². The van der Waals surface area contributed by atoms with E-state index < -0.39 is 94.5 Å². The van der Waals surface area contributed by atoms with Gasteiger partial charge in [-0.05, 0) is 32.8 Å². The molecule has 1 saturated heterocycles. The summed E-state index contributed by atoms with van der Waals surface area (Å²) in [4.78, 5) is 62.6. The number of allylic oxidation sites excluding steroid dienone is 2. The monoisotopic (exact) mass is 899 g/mol. The van der Waals surface area contributed by atoms with Gasteiger partial charge in [-0.1, -0.05) is 45.9 Å². The van der Waals surface area contributed by atoms with E-state index in [0.29, 0.717) is 31.6 Å². The summed E-state index contributed by atoms with van der Waals surface area (Å²) in [5, 5.41) is 58.5. The zero-order valence-electron chi connectivity index (χ0n) is 37.9. The number of carbonyl (C=O) groups is 3. The number of Topliss-reactive ketones (excluding diaryl/α,β-unsaturated/α-hetero) is 1. The number of aliphatic hydroxyl groups excluding tert-OH is 3. The van der Waals surface area contributed by atoms with E-state index in [1.807, 2.05) is 4.90 Å². The molecule has 7 rings (SSSR count). The van der Waals surface area contributed by atoms with Gasteiger partial charge in [-0.3, -0.25) is 19.2 Å². The molecular weight excluding hydrogens is 843 g/mol. The molecule has 9 atom stereocenters. The molecule has 17 nitrogen and oxygen atoms in total. The number of fused-ring (bicyclic) bond motifs is 2. The normalized spacial score (nSPS) is 30.2. The van der Waals surface area contributed by atoms with Gasteiger partial charge in [0.05, 0.1) is 41.6 Å². The van der Waals surface area contributed by atoms with E-state index in [4.69, 9.17) is 28.3 Å². The highest BCUT2D eigenvalue weighted by molar-refractivity contribution is 6.22. The largest absolute Gasteiger partial charge is 0.507 e. The number of hydrogen-bond donors (Lipinski definition) is 6. The zero-order chi connectivity index (χ0) is 47.4. The number of nitrogens with zero attached hydrogens (tertiary/aromatic N) is 2. The standard InChI is InChI=1S/C48H57N3O14/c1-21-11-10-12-22(2)47(60)50-38-42(58)34-33(37-45(38)64-32-20-28(19-30(54)36(32)49-37)51-16-13-29(53)14-17-51)35-44(26(6)41(34)57)65-48(8,46(35)59)62-18-15-31(61-9)23(3)43(63-27(7)52)25(5)40(56)24(4)39(21)55/h10-12,15,18-21,23-25,29,31,39-40,43,53-57H,13-14,16-17H2,1-9H3,(H,50,60)/b11-10+,18-15+,22-12-/t21-,23+,24+,25+,31-,39-,40+,43+,48-/m0/s1. The van der Waals surface area contributed by atoms with E-state index in [9.17, 15) is 44.7 Å². The van der Waals surface area contributed by atoms with Gasteiger partial charge in [0.15, 0.2) is 11.3 Å². The first-order valence-electron chi connectivity index (χ1n) is 21.8. The molecule has 1 amide bonds. The molecule has 4 aliphatic heterocycles. The molecular formula is C48H57N3O14. The van der Waals surface area contributed by atoms with Crippen molar-refractivity contribution in [2.45, 2.75) is 105 Å². The van der Waals surface area contributed by atoms with Gasteiger partial charge >= 0.3 is 11.8 Å². The number of ether oxygens (including phenoxy) is 4. The van der Waals surface area contributed by atoms with Crippen LogP contribution in [0.1, 0.15) is 77.2 Å². The SMILES string of the molecule is CO[C@H]1/C=C/O[C@@]2(C)Oc3c(C)c(O)c4c(=O)c(c5oc6cc(N7CCC(O)CC7)cc(O)c6nc-5c4c3C2=O)NC(=O)/C(C)=C\C=C\[C@H](C)[C@H](O)[C@@H](C)[C@@H](O)[C@@H](C)[C@H](OC(C)=O)[C@@H]1C. The number of piperidine rings is 1. The van der Waals surface area contributed by atoms with Crippen LogP contribution in [0.4, 0.5) is 11.4 Å². The molecule has 0 radical (unpaired) electrons. The molecule has 2 aromatic carbocycles. The molecule has 5 aliphatic rings. The summed E-state index contributed by atoms with van der Waals surface area (Å²) in [7, 11) is 1.43. The summed E-state index contributed by atoms with van der Waals surface area (Å²) in [5.74, 6) is -8.03. The van der Waals surface area contributed by atoms with E-state index in [1.165, 1.54) is 59.3 Å². The number of nitrogens with one attached hydrogen (secondary N) is 1. The van der Waals surface area contributed by atoms with Crippen molar-refractivity contribution < 1.29 is 63.3 Å². The Hall–Kier alpha value is -6.01. The second-order valence-corrected chi connectivity index (χ2v) is 17.8. The minimum Gasteiger partial charge on any atom is -0.507 e. The summed E-state index contributed by atoms with van der Waals surface area (Å²) in [5.41, 5.74) is -0.971. The first-order valence-corrected chi connectivity index (χ1v) is 21.8. The number of aromatic nitrogens is 1. The van der Waals surface area contributed by atoms with Gasteiger partial charge in [-0.2, -0.15) is 0 Å². The number of aromatic hydroxyl groups is 2. The molecule has 0 unspecified atom stereocenters. The van der Waals surface area contributed by atoms with Crippen molar-refractivity contribution in [3.8, 4) is 28.7 Å². The first-order chi connectivity index (χ1) is 30.7. The van der Waals surface area contributed by atoms with Crippen LogP contribution >= 0.6 is 0 Å².